The van der Waals surface area contributed by atoms with Gasteiger partial charge in [-0.25, -0.2) is 0 Å². The molecule has 2 fully saturated rings. The molecule has 1 spiro atoms. The molecule has 8 heteroatoms. The van der Waals surface area contributed by atoms with Crippen LogP contribution >= 0.6 is 0 Å². The average molecular weight is 485 g/mol. The molecule has 188 valence electrons. The fraction of sp³-hybridized carbons (Fsp3) is 0.556. The highest BCUT2D eigenvalue weighted by molar-refractivity contribution is 5.60. The topological polar surface area (TPSA) is 73.8 Å². The Balaban J connectivity index is 1.61. The zero-order valence-corrected chi connectivity index (χ0v) is 21.0. The van der Waals surface area contributed by atoms with Gasteiger partial charge in [-0.1, -0.05) is 0 Å². The number of fused-ring (bicyclic) bond motifs is 6. The molecule has 1 aliphatic carbocycles. The summed E-state index contributed by atoms with van der Waals surface area (Å²) in [5.74, 6) is 2.50. The van der Waals surface area contributed by atoms with E-state index < -0.39 is 11.4 Å². The number of methoxy groups -OCH3 is 3. The molecule has 3 aliphatic heterocycles. The van der Waals surface area contributed by atoms with Crippen LogP contribution in [0.5, 0.6) is 28.7 Å². The zero-order valence-electron chi connectivity index (χ0n) is 21.0. The molecule has 3 unspecified atom stereocenters. The maximum absolute atomic E-state index is 6.83. The Morgan fingerprint density at radius 2 is 1.60 bits per heavy atom. The third kappa shape index (κ3) is 3.23. The van der Waals surface area contributed by atoms with Gasteiger partial charge in [0, 0.05) is 11.8 Å². The van der Waals surface area contributed by atoms with Crippen LogP contribution in [0.2, 0.25) is 0 Å². The van der Waals surface area contributed by atoms with Gasteiger partial charge in [0.2, 0.25) is 12.5 Å². The van der Waals surface area contributed by atoms with Gasteiger partial charge >= 0.3 is 0 Å². The van der Waals surface area contributed by atoms with Crippen molar-refractivity contribution in [1.29, 1.82) is 0 Å². The van der Waals surface area contributed by atoms with Crippen LogP contribution in [-0.4, -0.2) is 52.7 Å². The van der Waals surface area contributed by atoms with Crippen LogP contribution in [-0.2, 0) is 19.8 Å². The Hall–Kier alpha value is -2.68. The van der Waals surface area contributed by atoms with E-state index in [1.807, 2.05) is 26.0 Å². The molecule has 5 atom stereocenters. The lowest BCUT2D eigenvalue weighted by molar-refractivity contribution is -0.177. The van der Waals surface area contributed by atoms with E-state index in [0.29, 0.717) is 23.9 Å². The molecule has 2 saturated heterocycles. The van der Waals surface area contributed by atoms with Gasteiger partial charge in [0.1, 0.15) is 5.60 Å². The standard InChI is InChI=1S/C27H32O8/c1-14-27(35-26(2,3)34-14)16-9-21(31-12-16)24(17-10-19-20(11-18(17)27)33-13-32-19)15-7-22(28-4)25(30-6)23(8-15)29-5/h7-8,10-11,14,16,21,24H,9,12-13H2,1-6H3/t14-,16?,21?,24+,27?/m0/s1. The van der Waals surface area contributed by atoms with Crippen molar-refractivity contribution >= 4 is 0 Å². The summed E-state index contributed by atoms with van der Waals surface area (Å²) >= 11 is 0. The monoisotopic (exact) mass is 484 g/mol. The summed E-state index contributed by atoms with van der Waals surface area (Å²) in [7, 11) is 4.87. The highest BCUT2D eigenvalue weighted by atomic mass is 16.8. The first-order valence-electron chi connectivity index (χ1n) is 12.0. The summed E-state index contributed by atoms with van der Waals surface area (Å²) in [6.45, 7) is 6.82. The summed E-state index contributed by atoms with van der Waals surface area (Å²) in [6.07, 6.45) is 0.579. The van der Waals surface area contributed by atoms with Gasteiger partial charge in [0.25, 0.3) is 0 Å². The largest absolute Gasteiger partial charge is 0.493 e. The lowest BCUT2D eigenvalue weighted by atomic mass is 9.75. The fourth-order valence-electron chi connectivity index (χ4n) is 6.55. The Labute approximate surface area is 205 Å². The number of benzene rings is 2. The third-order valence-electron chi connectivity index (χ3n) is 7.83. The van der Waals surface area contributed by atoms with Crippen LogP contribution in [0.4, 0.5) is 0 Å². The summed E-state index contributed by atoms with van der Waals surface area (Å²) in [4.78, 5) is 0. The minimum absolute atomic E-state index is 0.0687. The van der Waals surface area contributed by atoms with E-state index in [2.05, 4.69) is 19.1 Å². The van der Waals surface area contributed by atoms with Crippen molar-refractivity contribution in [2.45, 2.75) is 56.7 Å². The minimum atomic E-state index is -0.725. The molecular formula is C27H32O8. The van der Waals surface area contributed by atoms with Crippen LogP contribution < -0.4 is 23.7 Å². The van der Waals surface area contributed by atoms with E-state index in [0.717, 1.165) is 34.6 Å². The first-order chi connectivity index (χ1) is 16.8. The second-order valence-electron chi connectivity index (χ2n) is 10.1. The predicted octanol–water partition coefficient (Wildman–Crippen LogP) is 4.36. The van der Waals surface area contributed by atoms with Crippen molar-refractivity contribution in [3.8, 4) is 28.7 Å². The van der Waals surface area contributed by atoms with E-state index in [1.165, 1.54) is 0 Å². The smallest absolute Gasteiger partial charge is 0.231 e. The molecule has 35 heavy (non-hydrogen) atoms. The Bertz CT molecular complexity index is 1140. The van der Waals surface area contributed by atoms with Crippen LogP contribution in [0.3, 0.4) is 0 Å². The van der Waals surface area contributed by atoms with Gasteiger partial charge in [0.05, 0.1) is 40.1 Å². The van der Waals surface area contributed by atoms with Crippen molar-refractivity contribution in [2.75, 3.05) is 34.7 Å². The van der Waals surface area contributed by atoms with Gasteiger partial charge in [-0.15, -0.1) is 0 Å². The van der Waals surface area contributed by atoms with E-state index in [9.17, 15) is 0 Å². The van der Waals surface area contributed by atoms with Crippen LogP contribution in [0, 0.1) is 5.92 Å². The molecular weight excluding hydrogens is 452 g/mol. The molecule has 0 amide bonds. The van der Waals surface area contributed by atoms with Crippen LogP contribution in [0.25, 0.3) is 0 Å². The fourth-order valence-corrected chi connectivity index (χ4v) is 6.55. The molecule has 0 aromatic heterocycles. The zero-order chi connectivity index (χ0) is 24.5. The molecule has 2 aromatic rings. The minimum Gasteiger partial charge on any atom is -0.493 e. The van der Waals surface area contributed by atoms with Gasteiger partial charge in [0.15, 0.2) is 28.8 Å². The van der Waals surface area contributed by atoms with Crippen molar-refractivity contribution in [3.63, 3.8) is 0 Å². The molecule has 0 saturated carbocycles. The Morgan fingerprint density at radius 1 is 0.914 bits per heavy atom. The Morgan fingerprint density at radius 3 is 2.20 bits per heavy atom. The average Bonchev–Trinajstić information content (AvgIpc) is 3.53. The predicted molar refractivity (Wildman–Crippen MR) is 126 cm³/mol. The molecule has 0 N–H and O–H groups in total. The van der Waals surface area contributed by atoms with Crippen LogP contribution in [0.15, 0.2) is 24.3 Å². The molecule has 6 rings (SSSR count). The number of hydrogen-bond acceptors (Lipinski definition) is 8. The maximum Gasteiger partial charge on any atom is 0.231 e. The number of hydrogen-bond donors (Lipinski definition) is 0. The van der Waals surface area contributed by atoms with E-state index >= 15 is 0 Å². The molecule has 3 heterocycles. The summed E-state index contributed by atoms with van der Waals surface area (Å²) in [5, 5.41) is 0. The van der Waals surface area contributed by atoms with Gasteiger partial charge in [-0.05, 0) is 68.1 Å². The molecule has 0 radical (unpaired) electrons. The lowest BCUT2D eigenvalue weighted by Gasteiger charge is -2.39. The summed E-state index contributed by atoms with van der Waals surface area (Å²) in [6, 6.07) is 8.19. The van der Waals surface area contributed by atoms with Crippen LogP contribution in [0.1, 0.15) is 49.8 Å². The second kappa shape index (κ2) is 7.91. The first kappa shape index (κ1) is 22.8. The first-order valence-corrected chi connectivity index (χ1v) is 12.0. The third-order valence-corrected chi connectivity index (χ3v) is 7.83. The number of rotatable bonds is 4. The SMILES string of the molecule is COc1cc([C@@H]2c3cc4c(cc3C3(OC(C)(C)O[C@H]3C)C3COC2C3)OCO4)cc(OC)c1OC. The van der Waals surface area contributed by atoms with Crippen molar-refractivity contribution < 1.29 is 37.9 Å². The van der Waals surface area contributed by atoms with Crippen molar-refractivity contribution in [2.24, 2.45) is 5.92 Å². The van der Waals surface area contributed by atoms with Gasteiger partial charge in [-0.3, -0.25) is 0 Å². The molecule has 2 bridgehead atoms. The van der Waals surface area contributed by atoms with E-state index in [-0.39, 0.29) is 30.8 Å². The van der Waals surface area contributed by atoms with Crippen molar-refractivity contribution in [3.05, 3.63) is 41.0 Å². The van der Waals surface area contributed by atoms with Crippen molar-refractivity contribution in [1.82, 2.24) is 0 Å². The normalized spacial score (nSPS) is 31.8. The highest BCUT2D eigenvalue weighted by Gasteiger charge is 2.62. The van der Waals surface area contributed by atoms with E-state index in [4.69, 9.17) is 37.9 Å². The van der Waals surface area contributed by atoms with Gasteiger partial charge < -0.3 is 37.9 Å². The lowest BCUT2D eigenvalue weighted by Crippen LogP contribution is -2.44. The quantitative estimate of drug-likeness (QED) is 0.634. The Kier molecular flexibility index (Phi) is 5.15. The maximum atomic E-state index is 6.83. The highest BCUT2D eigenvalue weighted by Crippen LogP contribution is 2.60. The van der Waals surface area contributed by atoms with Gasteiger partial charge in [-0.2, -0.15) is 0 Å². The second-order valence-corrected chi connectivity index (χ2v) is 10.1. The summed E-state index contributed by atoms with van der Waals surface area (Å²) in [5.41, 5.74) is 2.47. The molecule has 4 aliphatic rings. The van der Waals surface area contributed by atoms with E-state index in [1.54, 1.807) is 21.3 Å². The number of ether oxygens (including phenoxy) is 8. The molecule has 2 aromatic carbocycles. The summed E-state index contributed by atoms with van der Waals surface area (Å²) < 4.78 is 48.2. The molecule has 8 nitrogen and oxygen atoms in total.